The number of rotatable bonds is 4. The van der Waals surface area contributed by atoms with Crippen molar-refractivity contribution in [3.05, 3.63) is 75.3 Å². The number of hydrogen-bond donors (Lipinski definition) is 1. The molecule has 0 aliphatic heterocycles. The Labute approximate surface area is 128 Å². The average molecular weight is 296 g/mol. The number of nitro benzene ring substituents is 1. The number of nitrogens with zero attached hydrogens (tertiary/aromatic N) is 1. The van der Waals surface area contributed by atoms with Crippen LogP contribution >= 0.6 is 0 Å². The van der Waals surface area contributed by atoms with Crippen LogP contribution in [0.1, 0.15) is 16.7 Å². The summed E-state index contributed by atoms with van der Waals surface area (Å²) in [6.45, 7) is 3.93. The Morgan fingerprint density at radius 2 is 1.82 bits per heavy atom. The second kappa shape index (κ2) is 6.67. The van der Waals surface area contributed by atoms with Gasteiger partial charge in [-0.1, -0.05) is 12.1 Å². The average Bonchev–Trinajstić information content (AvgIpc) is 2.50. The van der Waals surface area contributed by atoms with Gasteiger partial charge in [-0.05, 0) is 54.8 Å². The van der Waals surface area contributed by atoms with E-state index >= 15 is 0 Å². The summed E-state index contributed by atoms with van der Waals surface area (Å²) in [6, 6.07) is 11.7. The number of amides is 1. The summed E-state index contributed by atoms with van der Waals surface area (Å²) in [5.41, 5.74) is 3.66. The molecule has 22 heavy (non-hydrogen) atoms. The number of hydrogen-bond acceptors (Lipinski definition) is 3. The second-order valence-electron chi connectivity index (χ2n) is 4.92. The van der Waals surface area contributed by atoms with E-state index in [1.165, 1.54) is 18.2 Å². The van der Waals surface area contributed by atoms with E-state index in [1.54, 1.807) is 18.2 Å². The number of non-ortho nitro benzene ring substituents is 1. The van der Waals surface area contributed by atoms with Gasteiger partial charge in [0, 0.05) is 23.9 Å². The molecule has 0 spiro atoms. The molecule has 0 aromatic heterocycles. The van der Waals surface area contributed by atoms with Gasteiger partial charge in [0.1, 0.15) is 0 Å². The van der Waals surface area contributed by atoms with Gasteiger partial charge >= 0.3 is 0 Å². The zero-order valence-electron chi connectivity index (χ0n) is 12.4. The largest absolute Gasteiger partial charge is 0.322 e. The van der Waals surface area contributed by atoms with Crippen LogP contribution in [0.25, 0.3) is 6.08 Å². The molecule has 0 atom stereocenters. The quantitative estimate of drug-likeness (QED) is 0.529. The molecule has 0 bridgehead atoms. The minimum Gasteiger partial charge on any atom is -0.322 e. The summed E-state index contributed by atoms with van der Waals surface area (Å²) in [7, 11) is 0. The molecule has 5 nitrogen and oxygen atoms in total. The van der Waals surface area contributed by atoms with Crippen molar-refractivity contribution < 1.29 is 9.72 Å². The fourth-order valence-electron chi connectivity index (χ4n) is 1.94. The lowest BCUT2D eigenvalue weighted by atomic mass is 10.1. The zero-order valence-corrected chi connectivity index (χ0v) is 12.4. The Morgan fingerprint density at radius 1 is 1.14 bits per heavy atom. The first-order valence-corrected chi connectivity index (χ1v) is 6.77. The molecule has 112 valence electrons. The standard InChI is InChI=1S/C17H16N2O3/c1-12-4-3-5-16(13(12)2)18-17(20)11-8-14-6-9-15(10-7-14)19(21)22/h3-11H,1-2H3,(H,18,20)/b11-8-. The summed E-state index contributed by atoms with van der Waals surface area (Å²) in [4.78, 5) is 22.0. The zero-order chi connectivity index (χ0) is 16.1. The second-order valence-corrected chi connectivity index (χ2v) is 4.92. The van der Waals surface area contributed by atoms with Gasteiger partial charge in [-0.25, -0.2) is 0 Å². The predicted molar refractivity (Wildman–Crippen MR) is 86.7 cm³/mol. The lowest BCUT2D eigenvalue weighted by molar-refractivity contribution is -0.384. The van der Waals surface area contributed by atoms with Gasteiger partial charge in [-0.2, -0.15) is 0 Å². The van der Waals surface area contributed by atoms with Gasteiger partial charge in [0.15, 0.2) is 0 Å². The summed E-state index contributed by atoms with van der Waals surface area (Å²) < 4.78 is 0. The van der Waals surface area contributed by atoms with Crippen molar-refractivity contribution in [3.63, 3.8) is 0 Å². The molecule has 0 unspecified atom stereocenters. The first kappa shape index (κ1) is 15.4. The molecular weight excluding hydrogens is 280 g/mol. The third-order valence-corrected chi connectivity index (χ3v) is 3.39. The summed E-state index contributed by atoms with van der Waals surface area (Å²) >= 11 is 0. The van der Waals surface area contributed by atoms with Gasteiger partial charge in [0.25, 0.3) is 5.69 Å². The number of aryl methyl sites for hydroxylation is 1. The molecule has 2 aromatic rings. The van der Waals surface area contributed by atoms with Crippen LogP contribution in [-0.2, 0) is 4.79 Å². The Morgan fingerprint density at radius 3 is 2.45 bits per heavy atom. The number of carbonyl (C=O) groups is 1. The highest BCUT2D eigenvalue weighted by atomic mass is 16.6. The van der Waals surface area contributed by atoms with Crippen LogP contribution in [0.5, 0.6) is 0 Å². The topological polar surface area (TPSA) is 72.2 Å². The van der Waals surface area contributed by atoms with Crippen LogP contribution < -0.4 is 5.32 Å². The minimum atomic E-state index is -0.458. The molecule has 1 amide bonds. The fourth-order valence-corrected chi connectivity index (χ4v) is 1.94. The van der Waals surface area contributed by atoms with Crippen LogP contribution in [-0.4, -0.2) is 10.8 Å². The van der Waals surface area contributed by atoms with E-state index < -0.39 is 4.92 Å². The Hall–Kier alpha value is -2.95. The fraction of sp³-hybridized carbons (Fsp3) is 0.118. The van der Waals surface area contributed by atoms with E-state index in [0.717, 1.165) is 22.4 Å². The Kier molecular flexibility index (Phi) is 4.68. The van der Waals surface area contributed by atoms with Gasteiger partial charge in [-0.3, -0.25) is 14.9 Å². The van der Waals surface area contributed by atoms with Crippen molar-refractivity contribution in [1.82, 2.24) is 0 Å². The monoisotopic (exact) mass is 296 g/mol. The first-order valence-electron chi connectivity index (χ1n) is 6.77. The summed E-state index contributed by atoms with van der Waals surface area (Å²) in [5.74, 6) is -0.243. The van der Waals surface area contributed by atoms with E-state index in [2.05, 4.69) is 5.32 Å². The van der Waals surface area contributed by atoms with Crippen molar-refractivity contribution in [2.24, 2.45) is 0 Å². The molecule has 0 saturated carbocycles. The smallest absolute Gasteiger partial charge is 0.269 e. The lowest BCUT2D eigenvalue weighted by Crippen LogP contribution is -2.09. The van der Waals surface area contributed by atoms with Crippen molar-refractivity contribution >= 4 is 23.4 Å². The predicted octanol–water partition coefficient (Wildman–Crippen LogP) is 3.86. The molecule has 0 heterocycles. The molecule has 0 saturated heterocycles. The molecular formula is C17H16N2O3. The van der Waals surface area contributed by atoms with Gasteiger partial charge in [0.05, 0.1) is 4.92 Å². The highest BCUT2D eigenvalue weighted by Crippen LogP contribution is 2.18. The van der Waals surface area contributed by atoms with Crippen LogP contribution in [0, 0.1) is 24.0 Å². The maximum atomic E-state index is 11.9. The lowest BCUT2D eigenvalue weighted by Gasteiger charge is -2.08. The first-order chi connectivity index (χ1) is 10.5. The SMILES string of the molecule is Cc1cccc(NC(=O)/C=C\c2ccc([N+](=O)[O-])cc2)c1C. The van der Waals surface area contributed by atoms with Crippen LogP contribution in [0.15, 0.2) is 48.5 Å². The third-order valence-electron chi connectivity index (χ3n) is 3.39. The molecule has 5 heteroatoms. The van der Waals surface area contributed by atoms with Gasteiger partial charge in [-0.15, -0.1) is 0 Å². The van der Waals surface area contributed by atoms with Crippen molar-refractivity contribution in [2.45, 2.75) is 13.8 Å². The molecule has 0 fully saturated rings. The summed E-state index contributed by atoms with van der Waals surface area (Å²) in [6.07, 6.45) is 3.02. The molecule has 2 aromatic carbocycles. The van der Waals surface area contributed by atoms with Crippen LogP contribution in [0.2, 0.25) is 0 Å². The molecule has 0 aliphatic rings. The van der Waals surface area contributed by atoms with E-state index in [4.69, 9.17) is 0 Å². The van der Waals surface area contributed by atoms with Crippen molar-refractivity contribution in [1.29, 1.82) is 0 Å². The highest BCUT2D eigenvalue weighted by Gasteiger charge is 2.04. The minimum absolute atomic E-state index is 0.0250. The molecule has 2 rings (SSSR count). The normalized spacial score (nSPS) is 10.6. The van der Waals surface area contributed by atoms with E-state index in [-0.39, 0.29) is 11.6 Å². The number of anilines is 1. The maximum absolute atomic E-state index is 11.9. The Balaban J connectivity index is 2.05. The number of carbonyl (C=O) groups excluding carboxylic acids is 1. The van der Waals surface area contributed by atoms with Crippen LogP contribution in [0.3, 0.4) is 0 Å². The molecule has 0 aliphatic carbocycles. The van der Waals surface area contributed by atoms with Crippen molar-refractivity contribution in [3.8, 4) is 0 Å². The van der Waals surface area contributed by atoms with E-state index in [9.17, 15) is 14.9 Å². The maximum Gasteiger partial charge on any atom is 0.269 e. The molecule has 1 N–H and O–H groups in total. The van der Waals surface area contributed by atoms with E-state index in [1.807, 2.05) is 32.0 Å². The van der Waals surface area contributed by atoms with Gasteiger partial charge < -0.3 is 5.32 Å². The third kappa shape index (κ3) is 3.79. The van der Waals surface area contributed by atoms with Crippen molar-refractivity contribution in [2.75, 3.05) is 5.32 Å². The van der Waals surface area contributed by atoms with Crippen LogP contribution in [0.4, 0.5) is 11.4 Å². The highest BCUT2D eigenvalue weighted by molar-refractivity contribution is 6.02. The van der Waals surface area contributed by atoms with E-state index in [0.29, 0.717) is 0 Å². The summed E-state index contributed by atoms with van der Waals surface area (Å²) in [5, 5.41) is 13.4. The number of nitro groups is 1. The molecule has 0 radical (unpaired) electrons. The Bertz CT molecular complexity index is 734. The number of benzene rings is 2. The number of nitrogens with one attached hydrogen (secondary N) is 1. The van der Waals surface area contributed by atoms with Gasteiger partial charge in [0.2, 0.25) is 5.91 Å².